The minimum atomic E-state index is 0.752. The molecule has 4 rings (SSSR count). The molecule has 1 aliphatic heterocycles. The lowest BCUT2D eigenvalue weighted by Gasteiger charge is -2.33. The summed E-state index contributed by atoms with van der Waals surface area (Å²) in [6.45, 7) is 3.50. The van der Waals surface area contributed by atoms with Crippen molar-refractivity contribution >= 4 is 22.7 Å². The lowest BCUT2D eigenvalue weighted by atomic mass is 9.90. The molecule has 2 heterocycles. The molecule has 4 heteroatoms. The predicted octanol–water partition coefficient (Wildman–Crippen LogP) is 4.74. The molecule has 3 nitrogen and oxygen atoms in total. The van der Waals surface area contributed by atoms with Gasteiger partial charge in [-0.05, 0) is 73.4 Å². The first-order valence-corrected chi connectivity index (χ1v) is 10.3. The van der Waals surface area contributed by atoms with Gasteiger partial charge < -0.3 is 0 Å². The summed E-state index contributed by atoms with van der Waals surface area (Å²) < 4.78 is 0. The zero-order valence-electron chi connectivity index (χ0n) is 14.7. The number of thioether (sulfide) groups is 1. The second-order valence-electron chi connectivity index (χ2n) is 7.09. The zero-order chi connectivity index (χ0) is 17.1. The summed E-state index contributed by atoms with van der Waals surface area (Å²) in [6.07, 6.45) is 7.88. The van der Waals surface area contributed by atoms with Gasteiger partial charge in [0.05, 0.1) is 11.7 Å². The summed E-state index contributed by atoms with van der Waals surface area (Å²) in [5.74, 6) is 0.752. The van der Waals surface area contributed by atoms with E-state index in [4.69, 9.17) is 0 Å². The number of piperidine rings is 1. The van der Waals surface area contributed by atoms with E-state index in [0.29, 0.717) is 0 Å². The van der Waals surface area contributed by atoms with Crippen LogP contribution in [0.15, 0.2) is 53.6 Å². The van der Waals surface area contributed by atoms with Crippen molar-refractivity contribution in [2.45, 2.75) is 30.7 Å². The van der Waals surface area contributed by atoms with E-state index in [1.807, 2.05) is 18.0 Å². The Morgan fingerprint density at radius 2 is 2.16 bits per heavy atom. The van der Waals surface area contributed by atoms with Crippen molar-refractivity contribution in [3.05, 3.63) is 59.8 Å². The summed E-state index contributed by atoms with van der Waals surface area (Å²) in [4.78, 5) is 3.99. The molecule has 1 saturated heterocycles. The first-order chi connectivity index (χ1) is 12.3. The van der Waals surface area contributed by atoms with Crippen LogP contribution in [0, 0.1) is 5.92 Å². The number of aromatic amines is 1. The van der Waals surface area contributed by atoms with Crippen molar-refractivity contribution in [3.8, 4) is 0 Å². The van der Waals surface area contributed by atoms with Crippen LogP contribution < -0.4 is 0 Å². The van der Waals surface area contributed by atoms with Crippen molar-refractivity contribution < 1.29 is 0 Å². The summed E-state index contributed by atoms with van der Waals surface area (Å²) in [7, 11) is 0. The van der Waals surface area contributed by atoms with E-state index in [1.54, 1.807) is 0 Å². The molecule has 1 N–H and O–H groups in total. The van der Waals surface area contributed by atoms with Gasteiger partial charge in [0, 0.05) is 23.4 Å². The Morgan fingerprint density at radius 3 is 3.08 bits per heavy atom. The number of aromatic nitrogens is 2. The average Bonchev–Trinajstić information content (AvgIpc) is 3.10. The van der Waals surface area contributed by atoms with Crippen molar-refractivity contribution in [1.29, 1.82) is 0 Å². The van der Waals surface area contributed by atoms with E-state index in [-0.39, 0.29) is 0 Å². The number of hydrogen-bond acceptors (Lipinski definition) is 3. The Balaban J connectivity index is 1.40. The summed E-state index contributed by atoms with van der Waals surface area (Å²) in [6, 6.07) is 15.7. The average molecular weight is 352 g/mol. The summed E-state index contributed by atoms with van der Waals surface area (Å²) >= 11 is 1.82. The Morgan fingerprint density at radius 1 is 1.20 bits per heavy atom. The smallest absolute Gasteiger partial charge is 0.0650 e. The van der Waals surface area contributed by atoms with Gasteiger partial charge in [-0.25, -0.2) is 0 Å². The van der Waals surface area contributed by atoms with E-state index < -0.39 is 0 Å². The first-order valence-electron chi connectivity index (χ1n) is 9.07. The molecule has 0 bridgehead atoms. The number of likely N-dealkylation sites (tertiary alicyclic amines) is 1. The number of fused-ring (bicyclic) bond motifs is 1. The minimum Gasteiger partial charge on any atom is -0.299 e. The molecular weight excluding hydrogens is 326 g/mol. The SMILES string of the molecule is CSc1cccc(CN2CCC[C@@H](Cc3ccc4[nH]ncc4c3)C2)c1. The van der Waals surface area contributed by atoms with E-state index in [2.05, 4.69) is 63.8 Å². The second-order valence-corrected chi connectivity index (χ2v) is 7.97. The summed E-state index contributed by atoms with van der Waals surface area (Å²) in [5.41, 5.74) is 4.00. The quantitative estimate of drug-likeness (QED) is 0.674. The van der Waals surface area contributed by atoms with Crippen LogP contribution in [0.3, 0.4) is 0 Å². The Bertz CT molecular complexity index is 842. The molecule has 0 saturated carbocycles. The Labute approximate surface area is 153 Å². The number of rotatable bonds is 5. The number of hydrogen-bond donors (Lipinski definition) is 1. The number of H-pyrrole nitrogens is 1. The monoisotopic (exact) mass is 351 g/mol. The van der Waals surface area contributed by atoms with Crippen molar-refractivity contribution in [1.82, 2.24) is 15.1 Å². The van der Waals surface area contributed by atoms with Crippen LogP contribution in [-0.2, 0) is 13.0 Å². The van der Waals surface area contributed by atoms with Gasteiger partial charge in [0.2, 0.25) is 0 Å². The van der Waals surface area contributed by atoms with Gasteiger partial charge in [-0.1, -0.05) is 18.2 Å². The van der Waals surface area contributed by atoms with E-state index in [0.717, 1.165) is 18.0 Å². The molecule has 3 aromatic rings. The van der Waals surface area contributed by atoms with Crippen LogP contribution in [0.2, 0.25) is 0 Å². The summed E-state index contributed by atoms with van der Waals surface area (Å²) in [5, 5.41) is 8.38. The van der Waals surface area contributed by atoms with Crippen molar-refractivity contribution in [3.63, 3.8) is 0 Å². The van der Waals surface area contributed by atoms with Gasteiger partial charge >= 0.3 is 0 Å². The molecular formula is C21H25N3S. The van der Waals surface area contributed by atoms with Gasteiger partial charge in [0.15, 0.2) is 0 Å². The zero-order valence-corrected chi connectivity index (χ0v) is 15.6. The number of benzene rings is 2. The molecule has 1 aromatic heterocycles. The van der Waals surface area contributed by atoms with Crippen LogP contribution in [0.4, 0.5) is 0 Å². The molecule has 2 aromatic carbocycles. The minimum absolute atomic E-state index is 0.752. The highest BCUT2D eigenvalue weighted by Gasteiger charge is 2.20. The molecule has 1 atom stereocenters. The normalized spacial score (nSPS) is 18.7. The van der Waals surface area contributed by atoms with Gasteiger partial charge in [0.1, 0.15) is 0 Å². The maximum Gasteiger partial charge on any atom is 0.0650 e. The third-order valence-corrected chi connectivity index (χ3v) is 5.90. The van der Waals surface area contributed by atoms with Gasteiger partial charge in [-0.15, -0.1) is 11.8 Å². The van der Waals surface area contributed by atoms with Crippen LogP contribution in [0.5, 0.6) is 0 Å². The van der Waals surface area contributed by atoms with Crippen LogP contribution in [-0.4, -0.2) is 34.4 Å². The first kappa shape index (κ1) is 16.7. The maximum absolute atomic E-state index is 4.13. The van der Waals surface area contributed by atoms with Gasteiger partial charge in [-0.3, -0.25) is 10.00 Å². The molecule has 1 fully saturated rings. The van der Waals surface area contributed by atoms with E-state index >= 15 is 0 Å². The lowest BCUT2D eigenvalue weighted by molar-refractivity contribution is 0.167. The molecule has 0 unspecified atom stereocenters. The third kappa shape index (κ3) is 4.07. The standard InChI is InChI=1S/C21H25N3S/c1-25-20-6-2-4-18(12-20)15-24-9-3-5-17(14-24)10-16-7-8-21-19(11-16)13-22-23-21/h2,4,6-8,11-13,17H,3,5,9-10,14-15H2,1H3,(H,22,23)/t17-/m0/s1. The topological polar surface area (TPSA) is 31.9 Å². The largest absolute Gasteiger partial charge is 0.299 e. The fourth-order valence-corrected chi connectivity index (χ4v) is 4.43. The Hall–Kier alpha value is -1.78. The maximum atomic E-state index is 4.13. The fourth-order valence-electron chi connectivity index (χ4n) is 3.94. The fraction of sp³-hybridized carbons (Fsp3) is 0.381. The Kier molecular flexibility index (Phi) is 5.09. The third-order valence-electron chi connectivity index (χ3n) is 5.17. The molecule has 1 aliphatic rings. The molecule has 130 valence electrons. The van der Waals surface area contributed by atoms with Crippen molar-refractivity contribution in [2.24, 2.45) is 5.92 Å². The van der Waals surface area contributed by atoms with E-state index in [9.17, 15) is 0 Å². The highest BCUT2D eigenvalue weighted by atomic mass is 32.2. The van der Waals surface area contributed by atoms with Crippen molar-refractivity contribution in [2.75, 3.05) is 19.3 Å². The lowest BCUT2D eigenvalue weighted by Crippen LogP contribution is -2.35. The van der Waals surface area contributed by atoms with Crippen LogP contribution in [0.1, 0.15) is 24.0 Å². The van der Waals surface area contributed by atoms with Gasteiger partial charge in [-0.2, -0.15) is 5.10 Å². The predicted molar refractivity (Wildman–Crippen MR) is 106 cm³/mol. The highest BCUT2D eigenvalue weighted by molar-refractivity contribution is 7.98. The molecule has 0 spiro atoms. The van der Waals surface area contributed by atoms with Crippen LogP contribution >= 0.6 is 11.8 Å². The molecule has 0 radical (unpaired) electrons. The molecule has 25 heavy (non-hydrogen) atoms. The highest BCUT2D eigenvalue weighted by Crippen LogP contribution is 2.24. The van der Waals surface area contributed by atoms with Gasteiger partial charge in [0.25, 0.3) is 0 Å². The number of nitrogens with zero attached hydrogens (tertiary/aromatic N) is 2. The molecule has 0 amide bonds. The second kappa shape index (κ2) is 7.63. The molecule has 0 aliphatic carbocycles. The van der Waals surface area contributed by atoms with Crippen LogP contribution in [0.25, 0.3) is 10.9 Å². The number of nitrogens with one attached hydrogen (secondary N) is 1. The van der Waals surface area contributed by atoms with E-state index in [1.165, 1.54) is 53.8 Å².